The van der Waals surface area contributed by atoms with Crippen LogP contribution in [-0.2, 0) is 0 Å². The van der Waals surface area contributed by atoms with Crippen molar-refractivity contribution in [2.75, 3.05) is 0 Å². The molecule has 0 aliphatic rings. The van der Waals surface area contributed by atoms with Gasteiger partial charge in [-0.05, 0) is 23.6 Å². The number of hydrogen-bond donors (Lipinski definition) is 1. The standard InChI is InChI=1S/C16H11BrN2O/c17-14-9-11(10-19-15-7-3-4-8-18-15)16(20)13-6-2-1-5-12(13)14/h1-10,20H/b19-10+. The molecule has 3 nitrogen and oxygen atoms in total. The van der Waals surface area contributed by atoms with Crippen LogP contribution in [0.2, 0.25) is 0 Å². The Kier molecular flexibility index (Phi) is 3.48. The largest absolute Gasteiger partial charge is 0.507 e. The van der Waals surface area contributed by atoms with E-state index in [1.54, 1.807) is 12.4 Å². The van der Waals surface area contributed by atoms with Gasteiger partial charge in [0.25, 0.3) is 0 Å². The number of aromatic nitrogens is 1. The van der Waals surface area contributed by atoms with E-state index in [1.165, 1.54) is 0 Å². The quantitative estimate of drug-likeness (QED) is 0.707. The fraction of sp³-hybridized carbons (Fsp3) is 0. The van der Waals surface area contributed by atoms with Crippen LogP contribution in [0.4, 0.5) is 5.82 Å². The van der Waals surface area contributed by atoms with Crippen LogP contribution in [0.5, 0.6) is 5.75 Å². The van der Waals surface area contributed by atoms with Gasteiger partial charge in [0.15, 0.2) is 5.82 Å². The zero-order chi connectivity index (χ0) is 13.9. The molecule has 0 aliphatic carbocycles. The lowest BCUT2D eigenvalue weighted by Crippen LogP contribution is -1.86. The van der Waals surface area contributed by atoms with E-state index in [1.807, 2.05) is 48.5 Å². The van der Waals surface area contributed by atoms with Gasteiger partial charge in [0.1, 0.15) is 5.75 Å². The molecule has 20 heavy (non-hydrogen) atoms. The molecule has 2 aromatic carbocycles. The van der Waals surface area contributed by atoms with E-state index >= 15 is 0 Å². The lowest BCUT2D eigenvalue weighted by Gasteiger charge is -2.06. The smallest absolute Gasteiger partial charge is 0.151 e. The minimum atomic E-state index is 0.225. The van der Waals surface area contributed by atoms with E-state index in [-0.39, 0.29) is 5.75 Å². The molecule has 0 atom stereocenters. The monoisotopic (exact) mass is 326 g/mol. The predicted molar refractivity (Wildman–Crippen MR) is 84.8 cm³/mol. The van der Waals surface area contributed by atoms with E-state index in [0.717, 1.165) is 15.2 Å². The molecule has 3 aromatic rings. The van der Waals surface area contributed by atoms with Crippen molar-refractivity contribution in [1.29, 1.82) is 0 Å². The first-order valence-electron chi connectivity index (χ1n) is 6.11. The van der Waals surface area contributed by atoms with E-state index in [4.69, 9.17) is 0 Å². The highest BCUT2D eigenvalue weighted by molar-refractivity contribution is 9.10. The lowest BCUT2D eigenvalue weighted by atomic mass is 10.1. The highest BCUT2D eigenvalue weighted by atomic mass is 79.9. The van der Waals surface area contributed by atoms with Gasteiger partial charge in [0.2, 0.25) is 0 Å². The molecule has 0 unspecified atom stereocenters. The van der Waals surface area contributed by atoms with Crippen molar-refractivity contribution in [3.63, 3.8) is 0 Å². The fourth-order valence-corrected chi connectivity index (χ4v) is 2.59. The van der Waals surface area contributed by atoms with Gasteiger partial charge in [-0.15, -0.1) is 0 Å². The van der Waals surface area contributed by atoms with Crippen LogP contribution >= 0.6 is 15.9 Å². The number of hydrogen-bond acceptors (Lipinski definition) is 3. The summed E-state index contributed by atoms with van der Waals surface area (Å²) in [6, 6.07) is 15.0. The lowest BCUT2D eigenvalue weighted by molar-refractivity contribution is 0.481. The minimum absolute atomic E-state index is 0.225. The molecule has 1 aromatic heterocycles. The number of phenols is 1. The second kappa shape index (κ2) is 5.43. The Morgan fingerprint density at radius 2 is 1.80 bits per heavy atom. The Bertz CT molecular complexity index is 785. The fourth-order valence-electron chi connectivity index (χ4n) is 2.00. The molecule has 0 radical (unpaired) electrons. The topological polar surface area (TPSA) is 45.5 Å². The minimum Gasteiger partial charge on any atom is -0.507 e. The summed E-state index contributed by atoms with van der Waals surface area (Å²) in [5.74, 6) is 0.833. The van der Waals surface area contributed by atoms with Crippen LogP contribution in [0.3, 0.4) is 0 Å². The number of phenolic OH excluding ortho intramolecular Hbond substituents is 1. The predicted octanol–water partition coefficient (Wildman–Crippen LogP) is 4.45. The molecule has 0 spiro atoms. The molecule has 0 saturated carbocycles. The maximum atomic E-state index is 10.3. The maximum absolute atomic E-state index is 10.3. The molecule has 0 aliphatic heterocycles. The molecule has 0 amide bonds. The van der Waals surface area contributed by atoms with Crippen LogP contribution in [0.25, 0.3) is 10.8 Å². The van der Waals surface area contributed by atoms with E-state index < -0.39 is 0 Å². The number of aromatic hydroxyl groups is 1. The third-order valence-corrected chi connectivity index (χ3v) is 3.64. The summed E-state index contributed by atoms with van der Waals surface area (Å²) in [6.45, 7) is 0. The number of pyridine rings is 1. The summed E-state index contributed by atoms with van der Waals surface area (Å²) >= 11 is 3.52. The van der Waals surface area contributed by atoms with Gasteiger partial charge in [-0.2, -0.15) is 0 Å². The summed E-state index contributed by atoms with van der Waals surface area (Å²) in [6.07, 6.45) is 3.30. The summed E-state index contributed by atoms with van der Waals surface area (Å²) in [5, 5.41) is 12.1. The van der Waals surface area contributed by atoms with Crippen molar-refractivity contribution >= 4 is 38.7 Å². The van der Waals surface area contributed by atoms with Crippen molar-refractivity contribution in [3.8, 4) is 5.75 Å². The van der Waals surface area contributed by atoms with Gasteiger partial charge >= 0.3 is 0 Å². The zero-order valence-corrected chi connectivity index (χ0v) is 12.1. The second-order valence-corrected chi connectivity index (χ2v) is 5.14. The number of rotatable bonds is 2. The first kappa shape index (κ1) is 12.8. The third-order valence-electron chi connectivity index (χ3n) is 2.98. The molecule has 0 fully saturated rings. The van der Waals surface area contributed by atoms with E-state index in [2.05, 4.69) is 25.9 Å². The second-order valence-electron chi connectivity index (χ2n) is 4.29. The highest BCUT2D eigenvalue weighted by Gasteiger charge is 2.08. The van der Waals surface area contributed by atoms with Crippen molar-refractivity contribution in [3.05, 3.63) is 64.8 Å². The summed E-state index contributed by atoms with van der Waals surface area (Å²) < 4.78 is 0.924. The van der Waals surface area contributed by atoms with Crippen molar-refractivity contribution in [1.82, 2.24) is 4.98 Å². The highest BCUT2D eigenvalue weighted by Crippen LogP contribution is 2.33. The number of fused-ring (bicyclic) bond motifs is 1. The normalized spacial score (nSPS) is 11.2. The summed E-state index contributed by atoms with van der Waals surface area (Å²) in [4.78, 5) is 8.39. The Morgan fingerprint density at radius 1 is 1.05 bits per heavy atom. The first-order chi connectivity index (χ1) is 9.75. The van der Waals surface area contributed by atoms with Crippen LogP contribution in [0, 0.1) is 0 Å². The molecule has 0 bridgehead atoms. The molecule has 98 valence electrons. The zero-order valence-electron chi connectivity index (χ0n) is 10.5. The van der Waals surface area contributed by atoms with Crippen molar-refractivity contribution in [2.45, 2.75) is 0 Å². The number of benzene rings is 2. The number of aliphatic imine (C=N–C) groups is 1. The number of nitrogens with zero attached hydrogens (tertiary/aromatic N) is 2. The Morgan fingerprint density at radius 3 is 2.55 bits per heavy atom. The van der Waals surface area contributed by atoms with E-state index in [9.17, 15) is 5.11 Å². The van der Waals surface area contributed by atoms with Crippen LogP contribution < -0.4 is 0 Å². The van der Waals surface area contributed by atoms with Gasteiger partial charge in [0, 0.05) is 27.8 Å². The van der Waals surface area contributed by atoms with Gasteiger partial charge < -0.3 is 5.11 Å². The molecule has 3 rings (SSSR count). The average molecular weight is 327 g/mol. The first-order valence-corrected chi connectivity index (χ1v) is 6.90. The average Bonchev–Trinajstić information content (AvgIpc) is 2.50. The Labute approximate surface area is 124 Å². The maximum Gasteiger partial charge on any atom is 0.151 e. The molecule has 0 saturated heterocycles. The third kappa shape index (κ3) is 2.42. The van der Waals surface area contributed by atoms with Crippen LogP contribution in [-0.4, -0.2) is 16.3 Å². The molecular weight excluding hydrogens is 316 g/mol. The van der Waals surface area contributed by atoms with Crippen molar-refractivity contribution in [2.24, 2.45) is 4.99 Å². The number of halogens is 1. The SMILES string of the molecule is Oc1c(/C=N/c2ccccn2)cc(Br)c2ccccc12. The summed E-state index contributed by atoms with van der Waals surface area (Å²) in [5.41, 5.74) is 0.654. The van der Waals surface area contributed by atoms with E-state index in [0.29, 0.717) is 11.4 Å². The Hall–Kier alpha value is -2.20. The summed E-state index contributed by atoms with van der Waals surface area (Å²) in [7, 11) is 0. The van der Waals surface area contributed by atoms with Crippen molar-refractivity contribution < 1.29 is 5.11 Å². The molecular formula is C16H11BrN2O. The molecule has 4 heteroatoms. The molecule has 1 N–H and O–H groups in total. The van der Waals surface area contributed by atoms with Crippen LogP contribution in [0.1, 0.15) is 5.56 Å². The van der Waals surface area contributed by atoms with Gasteiger partial charge in [-0.3, -0.25) is 0 Å². The van der Waals surface area contributed by atoms with Gasteiger partial charge in [-0.25, -0.2) is 9.98 Å². The van der Waals surface area contributed by atoms with Gasteiger partial charge in [0.05, 0.1) is 0 Å². The van der Waals surface area contributed by atoms with Crippen LogP contribution in [0.15, 0.2) is 64.2 Å². The van der Waals surface area contributed by atoms with Gasteiger partial charge in [-0.1, -0.05) is 46.3 Å². The molecule has 1 heterocycles. The Balaban J connectivity index is 2.09.